The van der Waals surface area contributed by atoms with Gasteiger partial charge >= 0.3 is 0 Å². The van der Waals surface area contributed by atoms with Gasteiger partial charge in [0.05, 0.1) is 12.7 Å². The molecule has 3 rings (SSSR count). The van der Waals surface area contributed by atoms with Crippen molar-refractivity contribution in [3.63, 3.8) is 0 Å². The van der Waals surface area contributed by atoms with Crippen molar-refractivity contribution in [1.82, 2.24) is 5.32 Å². The predicted molar refractivity (Wildman–Crippen MR) is 88.3 cm³/mol. The zero-order valence-electron chi connectivity index (χ0n) is 12.8. The van der Waals surface area contributed by atoms with E-state index in [2.05, 4.69) is 23.5 Å². The van der Waals surface area contributed by atoms with Crippen molar-refractivity contribution in [3.8, 4) is 5.75 Å². The zero-order valence-corrected chi connectivity index (χ0v) is 13.6. The van der Waals surface area contributed by atoms with E-state index in [0.29, 0.717) is 6.04 Å². The van der Waals surface area contributed by atoms with Gasteiger partial charge in [0, 0.05) is 18.4 Å². The molecule has 4 heteroatoms. The average molecular weight is 307 g/mol. The molecule has 2 fully saturated rings. The van der Waals surface area contributed by atoms with Gasteiger partial charge in [-0.25, -0.2) is 0 Å². The Kier molecular flexibility index (Phi) is 5.09. The van der Waals surface area contributed by atoms with Crippen molar-refractivity contribution < 1.29 is 9.47 Å². The maximum Gasteiger partial charge on any atom is 0.119 e. The number of methoxy groups -OCH3 is 1. The first-order chi connectivity index (χ1) is 10.3. The van der Waals surface area contributed by atoms with E-state index in [4.69, 9.17) is 9.47 Å². The molecule has 0 aliphatic carbocycles. The van der Waals surface area contributed by atoms with E-state index < -0.39 is 0 Å². The molecule has 116 valence electrons. The molecule has 0 radical (unpaired) electrons. The molecule has 1 spiro atoms. The first-order valence-electron chi connectivity index (χ1n) is 7.88. The number of benzene rings is 1. The maximum absolute atomic E-state index is 6.07. The van der Waals surface area contributed by atoms with Crippen molar-refractivity contribution >= 4 is 11.8 Å². The summed E-state index contributed by atoms with van der Waals surface area (Å²) in [6.45, 7) is 1.94. The predicted octanol–water partition coefficient (Wildman–Crippen LogP) is 2.88. The third-order valence-electron chi connectivity index (χ3n) is 4.54. The fourth-order valence-corrected chi connectivity index (χ4v) is 4.69. The largest absolute Gasteiger partial charge is 0.497 e. The van der Waals surface area contributed by atoms with Gasteiger partial charge in [-0.3, -0.25) is 0 Å². The van der Waals surface area contributed by atoms with Crippen LogP contribution in [-0.2, 0) is 11.2 Å². The second-order valence-corrected chi connectivity index (χ2v) is 7.18. The van der Waals surface area contributed by atoms with Gasteiger partial charge in [-0.05, 0) is 55.7 Å². The van der Waals surface area contributed by atoms with E-state index in [0.717, 1.165) is 31.7 Å². The molecule has 2 atom stereocenters. The molecule has 2 saturated heterocycles. The van der Waals surface area contributed by atoms with E-state index in [9.17, 15) is 0 Å². The summed E-state index contributed by atoms with van der Waals surface area (Å²) in [7, 11) is 1.72. The van der Waals surface area contributed by atoms with Crippen molar-refractivity contribution in [2.45, 2.75) is 37.3 Å². The first kappa shape index (κ1) is 15.2. The van der Waals surface area contributed by atoms with Crippen LogP contribution in [0.5, 0.6) is 5.75 Å². The van der Waals surface area contributed by atoms with Crippen LogP contribution >= 0.6 is 11.8 Å². The second kappa shape index (κ2) is 7.03. The molecule has 2 heterocycles. The molecule has 2 aliphatic heterocycles. The smallest absolute Gasteiger partial charge is 0.119 e. The Morgan fingerprint density at radius 3 is 3.24 bits per heavy atom. The lowest BCUT2D eigenvalue weighted by Crippen LogP contribution is -2.47. The quantitative estimate of drug-likeness (QED) is 0.906. The zero-order chi connectivity index (χ0) is 14.5. The van der Waals surface area contributed by atoms with Crippen molar-refractivity contribution in [1.29, 1.82) is 0 Å². The standard InChI is InChI=1S/C17H25NO2S/c1-19-16-4-2-3-14(11-16)5-8-18-15-6-9-20-17(12-15)7-10-21-13-17/h2-4,11,15,18H,5-10,12-13H2,1H3. The van der Waals surface area contributed by atoms with Crippen LogP contribution in [-0.4, -0.2) is 43.4 Å². The summed E-state index contributed by atoms with van der Waals surface area (Å²) >= 11 is 2.04. The highest BCUT2D eigenvalue weighted by molar-refractivity contribution is 7.99. The highest BCUT2D eigenvalue weighted by atomic mass is 32.2. The fraction of sp³-hybridized carbons (Fsp3) is 0.647. The van der Waals surface area contributed by atoms with Gasteiger partial charge in [-0.1, -0.05) is 12.1 Å². The Bertz CT molecular complexity index is 460. The van der Waals surface area contributed by atoms with Gasteiger partial charge < -0.3 is 14.8 Å². The lowest BCUT2D eigenvalue weighted by molar-refractivity contribution is -0.0699. The van der Waals surface area contributed by atoms with Crippen molar-refractivity contribution in [2.24, 2.45) is 0 Å². The minimum atomic E-state index is 0.177. The Labute approximate surface area is 131 Å². The van der Waals surface area contributed by atoms with Crippen LogP contribution in [0.25, 0.3) is 0 Å². The molecule has 1 aromatic rings. The maximum atomic E-state index is 6.07. The number of thioether (sulfide) groups is 1. The molecule has 3 nitrogen and oxygen atoms in total. The SMILES string of the molecule is COc1cccc(CCNC2CCOC3(CCSC3)C2)c1. The van der Waals surface area contributed by atoms with E-state index >= 15 is 0 Å². The number of ether oxygens (including phenoxy) is 2. The normalized spacial score (nSPS) is 28.9. The lowest BCUT2D eigenvalue weighted by atomic mass is 9.90. The second-order valence-electron chi connectivity index (χ2n) is 6.08. The highest BCUT2D eigenvalue weighted by Crippen LogP contribution is 2.38. The van der Waals surface area contributed by atoms with Crippen LogP contribution in [0.4, 0.5) is 0 Å². The lowest BCUT2D eigenvalue weighted by Gasteiger charge is -2.38. The summed E-state index contributed by atoms with van der Waals surface area (Å²) in [6, 6.07) is 8.97. The van der Waals surface area contributed by atoms with Crippen LogP contribution in [0, 0.1) is 0 Å². The first-order valence-corrected chi connectivity index (χ1v) is 9.03. The van der Waals surface area contributed by atoms with E-state index in [1.54, 1.807) is 7.11 Å². The molecule has 2 unspecified atom stereocenters. The Morgan fingerprint density at radius 1 is 1.48 bits per heavy atom. The minimum Gasteiger partial charge on any atom is -0.497 e. The van der Waals surface area contributed by atoms with Crippen LogP contribution in [0.2, 0.25) is 0 Å². The fourth-order valence-electron chi connectivity index (χ4n) is 3.31. The summed E-state index contributed by atoms with van der Waals surface area (Å²) in [5.74, 6) is 3.39. The highest BCUT2D eigenvalue weighted by Gasteiger charge is 2.40. The molecule has 0 amide bonds. The third kappa shape index (κ3) is 3.93. The summed E-state index contributed by atoms with van der Waals surface area (Å²) in [4.78, 5) is 0. The monoisotopic (exact) mass is 307 g/mol. The van der Waals surface area contributed by atoms with Gasteiger partial charge in [0.25, 0.3) is 0 Å². The molecular weight excluding hydrogens is 282 g/mol. The topological polar surface area (TPSA) is 30.5 Å². The van der Waals surface area contributed by atoms with E-state index in [1.165, 1.54) is 29.9 Å². The molecule has 0 aromatic heterocycles. The number of hydrogen-bond donors (Lipinski definition) is 1. The van der Waals surface area contributed by atoms with Crippen LogP contribution in [0.1, 0.15) is 24.8 Å². The van der Waals surface area contributed by atoms with E-state index in [-0.39, 0.29) is 5.60 Å². The van der Waals surface area contributed by atoms with E-state index in [1.807, 2.05) is 17.8 Å². The summed E-state index contributed by atoms with van der Waals surface area (Å²) in [6.07, 6.45) is 4.60. The van der Waals surface area contributed by atoms with Gasteiger partial charge in [0.2, 0.25) is 0 Å². The minimum absolute atomic E-state index is 0.177. The number of rotatable bonds is 5. The van der Waals surface area contributed by atoms with Gasteiger partial charge in [0.15, 0.2) is 0 Å². The third-order valence-corrected chi connectivity index (χ3v) is 5.76. The molecule has 1 N–H and O–H groups in total. The van der Waals surface area contributed by atoms with Gasteiger partial charge in [-0.2, -0.15) is 11.8 Å². The average Bonchev–Trinajstić information content (AvgIpc) is 2.95. The Hall–Kier alpha value is -0.710. The van der Waals surface area contributed by atoms with Crippen molar-refractivity contribution in [2.75, 3.05) is 31.8 Å². The van der Waals surface area contributed by atoms with Crippen LogP contribution in [0.3, 0.4) is 0 Å². The summed E-state index contributed by atoms with van der Waals surface area (Å²) in [5, 5.41) is 3.73. The summed E-state index contributed by atoms with van der Waals surface area (Å²) in [5.41, 5.74) is 1.51. The molecule has 0 bridgehead atoms. The Balaban J connectivity index is 1.46. The van der Waals surface area contributed by atoms with Gasteiger partial charge in [0.1, 0.15) is 5.75 Å². The van der Waals surface area contributed by atoms with Crippen molar-refractivity contribution in [3.05, 3.63) is 29.8 Å². The molecule has 21 heavy (non-hydrogen) atoms. The molecule has 2 aliphatic rings. The van der Waals surface area contributed by atoms with Crippen LogP contribution in [0.15, 0.2) is 24.3 Å². The Morgan fingerprint density at radius 2 is 2.43 bits per heavy atom. The van der Waals surface area contributed by atoms with Crippen LogP contribution < -0.4 is 10.1 Å². The number of nitrogens with one attached hydrogen (secondary N) is 1. The molecule has 1 aromatic carbocycles. The molecular formula is C17H25NO2S. The van der Waals surface area contributed by atoms with Gasteiger partial charge in [-0.15, -0.1) is 0 Å². The molecule has 0 saturated carbocycles. The summed E-state index contributed by atoms with van der Waals surface area (Å²) < 4.78 is 11.3. The number of hydrogen-bond acceptors (Lipinski definition) is 4.